The third-order valence-corrected chi connectivity index (χ3v) is 3.91. The molecule has 100 valence electrons. The van der Waals surface area contributed by atoms with Gasteiger partial charge in [-0.3, -0.25) is 0 Å². The molecule has 0 spiro atoms. The Balaban J connectivity index is 2.22. The van der Waals surface area contributed by atoms with Crippen LogP contribution in [0.2, 0.25) is 5.02 Å². The van der Waals surface area contributed by atoms with Gasteiger partial charge in [0, 0.05) is 5.54 Å². The van der Waals surface area contributed by atoms with Crippen LogP contribution in [0.3, 0.4) is 0 Å². The Kier molecular flexibility index (Phi) is 4.18. The Morgan fingerprint density at radius 2 is 1.89 bits per heavy atom. The third-order valence-electron chi connectivity index (χ3n) is 3.62. The van der Waals surface area contributed by atoms with Crippen molar-refractivity contribution in [2.24, 2.45) is 5.73 Å². The van der Waals surface area contributed by atoms with Gasteiger partial charge in [0.15, 0.2) is 0 Å². The van der Waals surface area contributed by atoms with Crippen molar-refractivity contribution in [1.29, 1.82) is 0 Å². The lowest BCUT2D eigenvalue weighted by molar-refractivity contribution is 0.242. The van der Waals surface area contributed by atoms with Crippen LogP contribution in [0.5, 0.6) is 5.75 Å². The molecule has 1 aromatic rings. The lowest BCUT2D eigenvalue weighted by Gasteiger charge is -2.34. The Bertz CT molecular complexity index is 411. The Morgan fingerprint density at radius 3 is 2.44 bits per heavy atom. The van der Waals surface area contributed by atoms with Gasteiger partial charge in [0.05, 0.1) is 11.1 Å². The van der Waals surface area contributed by atoms with E-state index in [1.807, 2.05) is 26.0 Å². The molecule has 0 aromatic heterocycles. The van der Waals surface area contributed by atoms with Crippen LogP contribution >= 0.6 is 11.6 Å². The van der Waals surface area contributed by atoms with E-state index in [4.69, 9.17) is 22.1 Å². The quantitative estimate of drug-likeness (QED) is 0.889. The third kappa shape index (κ3) is 2.99. The van der Waals surface area contributed by atoms with E-state index in [0.29, 0.717) is 5.02 Å². The molecular weight excluding hydrogens is 246 g/mol. The lowest BCUT2D eigenvalue weighted by Crippen LogP contribution is -2.38. The van der Waals surface area contributed by atoms with Gasteiger partial charge in [-0.15, -0.1) is 0 Å². The summed E-state index contributed by atoms with van der Waals surface area (Å²) in [5.41, 5.74) is 7.45. The number of hydrogen-bond donors (Lipinski definition) is 1. The van der Waals surface area contributed by atoms with E-state index in [-0.39, 0.29) is 11.6 Å². The molecule has 0 bridgehead atoms. The summed E-state index contributed by atoms with van der Waals surface area (Å²) < 4.78 is 5.65. The van der Waals surface area contributed by atoms with E-state index in [2.05, 4.69) is 6.07 Å². The summed E-state index contributed by atoms with van der Waals surface area (Å²) in [4.78, 5) is 0. The molecule has 0 radical (unpaired) electrons. The van der Waals surface area contributed by atoms with E-state index < -0.39 is 0 Å². The van der Waals surface area contributed by atoms with Gasteiger partial charge in [0.1, 0.15) is 5.75 Å². The van der Waals surface area contributed by atoms with E-state index in [0.717, 1.165) is 24.2 Å². The fourth-order valence-electron chi connectivity index (χ4n) is 2.63. The molecule has 0 amide bonds. The van der Waals surface area contributed by atoms with Gasteiger partial charge in [-0.05, 0) is 44.4 Å². The molecule has 2 N–H and O–H groups in total. The second-order valence-electron chi connectivity index (χ2n) is 5.53. The van der Waals surface area contributed by atoms with Crippen molar-refractivity contribution in [3.63, 3.8) is 0 Å². The number of rotatable bonds is 3. The molecule has 1 aliphatic rings. The topological polar surface area (TPSA) is 35.2 Å². The minimum absolute atomic E-state index is 0.134. The molecule has 0 saturated heterocycles. The van der Waals surface area contributed by atoms with Crippen LogP contribution in [-0.4, -0.2) is 6.10 Å². The predicted molar refractivity (Wildman–Crippen MR) is 76.2 cm³/mol. The van der Waals surface area contributed by atoms with Crippen LogP contribution in [0.25, 0.3) is 0 Å². The van der Waals surface area contributed by atoms with Crippen LogP contribution in [0.1, 0.15) is 51.5 Å². The highest BCUT2D eigenvalue weighted by atomic mass is 35.5. The monoisotopic (exact) mass is 267 g/mol. The zero-order valence-corrected chi connectivity index (χ0v) is 12.0. The molecule has 1 saturated carbocycles. The molecule has 2 rings (SSSR count). The van der Waals surface area contributed by atoms with E-state index in [1.165, 1.54) is 19.3 Å². The lowest BCUT2D eigenvalue weighted by atomic mass is 9.77. The molecule has 3 heteroatoms. The highest BCUT2D eigenvalue weighted by molar-refractivity contribution is 6.32. The smallest absolute Gasteiger partial charge is 0.138 e. The number of halogens is 1. The number of ether oxygens (including phenoxy) is 1. The van der Waals surface area contributed by atoms with E-state index in [9.17, 15) is 0 Å². The van der Waals surface area contributed by atoms with Gasteiger partial charge in [-0.1, -0.05) is 36.9 Å². The molecular formula is C15H22ClNO. The highest BCUT2D eigenvalue weighted by Gasteiger charge is 2.29. The molecule has 1 aromatic carbocycles. The summed E-state index contributed by atoms with van der Waals surface area (Å²) >= 11 is 6.27. The molecule has 1 aliphatic carbocycles. The van der Waals surface area contributed by atoms with Gasteiger partial charge in [0.2, 0.25) is 0 Å². The standard InChI is InChI=1S/C15H22ClNO/c1-11(2)18-14-7-6-12(10-13(14)16)15(17)8-4-3-5-9-15/h6-7,10-11H,3-5,8-9,17H2,1-2H3. The maximum atomic E-state index is 6.50. The molecule has 2 nitrogen and oxygen atoms in total. The van der Waals surface area contributed by atoms with Crippen molar-refractivity contribution in [2.75, 3.05) is 0 Å². The first-order valence-corrected chi connectivity index (χ1v) is 7.15. The number of hydrogen-bond acceptors (Lipinski definition) is 2. The van der Waals surface area contributed by atoms with Crippen LogP contribution in [-0.2, 0) is 5.54 Å². The first-order chi connectivity index (χ1) is 8.51. The summed E-state index contributed by atoms with van der Waals surface area (Å²) in [6, 6.07) is 5.99. The van der Waals surface area contributed by atoms with Crippen molar-refractivity contribution in [3.8, 4) is 5.75 Å². The van der Waals surface area contributed by atoms with Crippen LogP contribution in [0.15, 0.2) is 18.2 Å². The Hall–Kier alpha value is -0.730. The molecule has 0 atom stereocenters. The molecule has 0 unspecified atom stereocenters. The van der Waals surface area contributed by atoms with Crippen LogP contribution < -0.4 is 10.5 Å². The minimum Gasteiger partial charge on any atom is -0.489 e. The van der Waals surface area contributed by atoms with Gasteiger partial charge in [0.25, 0.3) is 0 Å². The molecule has 1 fully saturated rings. The fourth-order valence-corrected chi connectivity index (χ4v) is 2.86. The highest BCUT2D eigenvalue weighted by Crippen LogP contribution is 2.37. The Labute approximate surface area is 114 Å². The zero-order valence-electron chi connectivity index (χ0n) is 11.2. The van der Waals surface area contributed by atoms with Crippen LogP contribution in [0, 0.1) is 0 Å². The maximum Gasteiger partial charge on any atom is 0.138 e. The summed E-state index contributed by atoms with van der Waals surface area (Å²) in [6.07, 6.45) is 5.94. The number of nitrogens with two attached hydrogens (primary N) is 1. The summed E-state index contributed by atoms with van der Waals surface area (Å²) in [5.74, 6) is 0.745. The first-order valence-electron chi connectivity index (χ1n) is 6.77. The van der Waals surface area contributed by atoms with Gasteiger partial charge in [-0.2, -0.15) is 0 Å². The maximum absolute atomic E-state index is 6.50. The average molecular weight is 268 g/mol. The van der Waals surface area contributed by atoms with Gasteiger partial charge >= 0.3 is 0 Å². The minimum atomic E-state index is -0.196. The number of benzene rings is 1. The average Bonchev–Trinajstić information content (AvgIpc) is 2.32. The van der Waals surface area contributed by atoms with Crippen molar-refractivity contribution >= 4 is 11.6 Å². The fraction of sp³-hybridized carbons (Fsp3) is 0.600. The summed E-state index contributed by atoms with van der Waals surface area (Å²) in [7, 11) is 0. The first kappa shape index (κ1) is 13.7. The summed E-state index contributed by atoms with van der Waals surface area (Å²) in [5, 5.41) is 0.664. The van der Waals surface area contributed by atoms with Gasteiger partial charge in [-0.25, -0.2) is 0 Å². The summed E-state index contributed by atoms with van der Waals surface area (Å²) in [6.45, 7) is 3.99. The molecule has 0 aliphatic heterocycles. The van der Waals surface area contributed by atoms with Crippen molar-refractivity contribution in [1.82, 2.24) is 0 Å². The normalized spacial score (nSPS) is 18.9. The van der Waals surface area contributed by atoms with Crippen molar-refractivity contribution in [2.45, 2.75) is 57.6 Å². The van der Waals surface area contributed by atoms with Crippen LogP contribution in [0.4, 0.5) is 0 Å². The molecule has 18 heavy (non-hydrogen) atoms. The molecule has 0 heterocycles. The van der Waals surface area contributed by atoms with Crippen molar-refractivity contribution < 1.29 is 4.74 Å². The predicted octanol–water partition coefficient (Wildman–Crippen LogP) is 4.25. The second-order valence-corrected chi connectivity index (χ2v) is 5.94. The zero-order chi connectivity index (χ0) is 13.2. The SMILES string of the molecule is CC(C)Oc1ccc(C2(N)CCCCC2)cc1Cl. The largest absolute Gasteiger partial charge is 0.489 e. The Morgan fingerprint density at radius 1 is 1.22 bits per heavy atom. The van der Waals surface area contributed by atoms with Crippen molar-refractivity contribution in [3.05, 3.63) is 28.8 Å². The van der Waals surface area contributed by atoms with E-state index in [1.54, 1.807) is 0 Å². The van der Waals surface area contributed by atoms with Gasteiger partial charge < -0.3 is 10.5 Å². The second kappa shape index (κ2) is 5.50. The van der Waals surface area contributed by atoms with E-state index >= 15 is 0 Å².